The average Bonchev–Trinajstić information content (AvgIpc) is 2.02. The van der Waals surface area contributed by atoms with Crippen LogP contribution in [0.5, 0.6) is 0 Å². The molecule has 0 amide bonds. The first kappa shape index (κ1) is 10.5. The molecule has 1 rings (SSSR count). The third kappa shape index (κ3) is 2.21. The van der Waals surface area contributed by atoms with Gasteiger partial charge in [0.25, 0.3) is 0 Å². The van der Waals surface area contributed by atoms with Crippen LogP contribution >= 0.6 is 0 Å². The SMILES string of the molecule is CC1CCN=C(C(F)(F)F)[C@@H]1CN. The molecule has 0 aromatic carbocycles. The van der Waals surface area contributed by atoms with Crippen molar-refractivity contribution in [3.05, 3.63) is 0 Å². The van der Waals surface area contributed by atoms with Crippen LogP contribution < -0.4 is 5.73 Å². The molecule has 1 unspecified atom stereocenters. The molecular formula is C8H13F3N2. The summed E-state index contributed by atoms with van der Waals surface area (Å²) in [7, 11) is 0. The van der Waals surface area contributed by atoms with Gasteiger partial charge in [-0.25, -0.2) is 0 Å². The second kappa shape index (κ2) is 3.65. The number of hydrogen-bond acceptors (Lipinski definition) is 2. The van der Waals surface area contributed by atoms with Gasteiger partial charge in [0, 0.05) is 19.0 Å². The smallest absolute Gasteiger partial charge is 0.330 e. The van der Waals surface area contributed by atoms with E-state index in [0.29, 0.717) is 6.42 Å². The zero-order chi connectivity index (χ0) is 10.1. The van der Waals surface area contributed by atoms with Crippen LogP contribution in [0.15, 0.2) is 4.99 Å². The molecule has 0 fully saturated rings. The Balaban J connectivity index is 2.87. The monoisotopic (exact) mass is 194 g/mol. The molecule has 1 heterocycles. The van der Waals surface area contributed by atoms with Crippen LogP contribution in [0.1, 0.15) is 13.3 Å². The van der Waals surface area contributed by atoms with Crippen LogP contribution in [0.25, 0.3) is 0 Å². The number of hydrogen-bond donors (Lipinski definition) is 1. The van der Waals surface area contributed by atoms with Gasteiger partial charge < -0.3 is 5.73 Å². The first-order valence-electron chi connectivity index (χ1n) is 4.28. The van der Waals surface area contributed by atoms with E-state index < -0.39 is 17.8 Å². The quantitative estimate of drug-likeness (QED) is 0.676. The summed E-state index contributed by atoms with van der Waals surface area (Å²) in [5.74, 6) is -0.632. The lowest BCUT2D eigenvalue weighted by Gasteiger charge is -2.29. The number of alkyl halides is 3. The van der Waals surface area contributed by atoms with Crippen molar-refractivity contribution in [1.82, 2.24) is 0 Å². The lowest BCUT2D eigenvalue weighted by Crippen LogP contribution is -2.41. The Hall–Kier alpha value is -0.580. The molecule has 76 valence electrons. The van der Waals surface area contributed by atoms with Crippen molar-refractivity contribution < 1.29 is 13.2 Å². The predicted molar refractivity (Wildman–Crippen MR) is 44.7 cm³/mol. The fraction of sp³-hybridized carbons (Fsp3) is 0.875. The van der Waals surface area contributed by atoms with E-state index in [4.69, 9.17) is 5.73 Å². The maximum Gasteiger partial charge on any atom is 0.429 e. The summed E-state index contributed by atoms with van der Waals surface area (Å²) in [6, 6.07) is 0. The summed E-state index contributed by atoms with van der Waals surface area (Å²) >= 11 is 0. The summed E-state index contributed by atoms with van der Waals surface area (Å²) in [6.07, 6.45) is -3.61. The number of rotatable bonds is 1. The fourth-order valence-electron chi connectivity index (χ4n) is 1.62. The lowest BCUT2D eigenvalue weighted by atomic mass is 9.84. The number of halogens is 3. The van der Waals surface area contributed by atoms with E-state index in [9.17, 15) is 13.2 Å². The predicted octanol–water partition coefficient (Wildman–Crippen LogP) is 1.60. The fourth-order valence-corrected chi connectivity index (χ4v) is 1.62. The molecule has 0 aromatic rings. The number of nitrogens with zero attached hydrogens (tertiary/aromatic N) is 1. The molecule has 13 heavy (non-hydrogen) atoms. The largest absolute Gasteiger partial charge is 0.429 e. The van der Waals surface area contributed by atoms with Gasteiger partial charge in [-0.05, 0) is 12.3 Å². The van der Waals surface area contributed by atoms with Crippen molar-refractivity contribution >= 4 is 5.71 Å². The molecule has 2 N–H and O–H groups in total. The minimum Gasteiger partial charge on any atom is -0.330 e. The van der Waals surface area contributed by atoms with Gasteiger partial charge in [-0.1, -0.05) is 6.92 Å². The van der Waals surface area contributed by atoms with E-state index in [1.165, 1.54) is 0 Å². The van der Waals surface area contributed by atoms with Gasteiger partial charge in [-0.3, -0.25) is 4.99 Å². The zero-order valence-corrected chi connectivity index (χ0v) is 7.43. The first-order valence-corrected chi connectivity index (χ1v) is 4.28. The Morgan fingerprint density at radius 1 is 1.54 bits per heavy atom. The molecule has 0 saturated heterocycles. The summed E-state index contributed by atoms with van der Waals surface area (Å²) in [5.41, 5.74) is 4.63. The van der Waals surface area contributed by atoms with Crippen LogP contribution in [-0.4, -0.2) is 25.0 Å². The minimum absolute atomic E-state index is 0.0147. The standard InChI is InChI=1S/C8H13F3N2/c1-5-2-3-13-7(6(5)4-12)8(9,10)11/h5-6H,2-4,12H2,1H3/t5?,6-/m1/s1. The molecule has 0 aliphatic carbocycles. The summed E-state index contributed by atoms with van der Waals surface area (Å²) < 4.78 is 37.1. The van der Waals surface area contributed by atoms with Crippen molar-refractivity contribution in [3.63, 3.8) is 0 Å². The van der Waals surface area contributed by atoms with E-state index in [0.717, 1.165) is 0 Å². The first-order chi connectivity index (χ1) is 5.96. The Morgan fingerprint density at radius 2 is 2.15 bits per heavy atom. The molecule has 0 bridgehead atoms. The van der Waals surface area contributed by atoms with Crippen molar-refractivity contribution in [3.8, 4) is 0 Å². The van der Waals surface area contributed by atoms with Gasteiger partial charge in [0.15, 0.2) is 0 Å². The van der Waals surface area contributed by atoms with Crippen LogP contribution in [0.4, 0.5) is 13.2 Å². The lowest BCUT2D eigenvalue weighted by molar-refractivity contribution is -0.0650. The van der Waals surface area contributed by atoms with Gasteiger partial charge in [0.1, 0.15) is 5.71 Å². The molecule has 0 radical (unpaired) electrons. The molecule has 0 aromatic heterocycles. The molecule has 5 heteroatoms. The third-order valence-electron chi connectivity index (χ3n) is 2.45. The molecule has 1 aliphatic rings. The van der Waals surface area contributed by atoms with E-state index in [2.05, 4.69) is 4.99 Å². The summed E-state index contributed by atoms with van der Waals surface area (Å²) in [6.45, 7) is 2.09. The second-order valence-corrected chi connectivity index (χ2v) is 3.37. The highest BCUT2D eigenvalue weighted by Crippen LogP contribution is 2.30. The van der Waals surface area contributed by atoms with Crippen molar-refractivity contribution in [2.75, 3.05) is 13.1 Å². The molecule has 1 aliphatic heterocycles. The van der Waals surface area contributed by atoms with E-state index in [-0.39, 0.29) is 19.0 Å². The Labute approximate surface area is 75.0 Å². The average molecular weight is 194 g/mol. The van der Waals surface area contributed by atoms with Crippen molar-refractivity contribution in [2.45, 2.75) is 19.5 Å². The molecular weight excluding hydrogens is 181 g/mol. The highest BCUT2D eigenvalue weighted by molar-refractivity contribution is 5.92. The Kier molecular flexibility index (Phi) is 2.95. The van der Waals surface area contributed by atoms with Crippen molar-refractivity contribution in [1.29, 1.82) is 0 Å². The second-order valence-electron chi connectivity index (χ2n) is 3.37. The van der Waals surface area contributed by atoms with Crippen LogP contribution in [-0.2, 0) is 0 Å². The molecule has 2 atom stereocenters. The molecule has 0 spiro atoms. The summed E-state index contributed by atoms with van der Waals surface area (Å²) in [4.78, 5) is 3.52. The Morgan fingerprint density at radius 3 is 2.54 bits per heavy atom. The van der Waals surface area contributed by atoms with Gasteiger partial charge in [-0.2, -0.15) is 13.2 Å². The topological polar surface area (TPSA) is 38.4 Å². The van der Waals surface area contributed by atoms with Crippen LogP contribution in [0.2, 0.25) is 0 Å². The number of nitrogens with two attached hydrogens (primary N) is 1. The van der Waals surface area contributed by atoms with Crippen LogP contribution in [0, 0.1) is 11.8 Å². The van der Waals surface area contributed by atoms with Gasteiger partial charge in [0.2, 0.25) is 0 Å². The van der Waals surface area contributed by atoms with Gasteiger partial charge in [0.05, 0.1) is 0 Å². The minimum atomic E-state index is -4.31. The third-order valence-corrected chi connectivity index (χ3v) is 2.45. The maximum atomic E-state index is 12.4. The molecule has 2 nitrogen and oxygen atoms in total. The van der Waals surface area contributed by atoms with E-state index in [1.54, 1.807) is 6.92 Å². The molecule has 0 saturated carbocycles. The van der Waals surface area contributed by atoms with Gasteiger partial charge >= 0.3 is 6.18 Å². The highest BCUT2D eigenvalue weighted by Gasteiger charge is 2.43. The summed E-state index contributed by atoms with van der Waals surface area (Å²) in [5, 5.41) is 0. The van der Waals surface area contributed by atoms with Crippen molar-refractivity contribution in [2.24, 2.45) is 22.6 Å². The van der Waals surface area contributed by atoms with E-state index in [1.807, 2.05) is 0 Å². The highest BCUT2D eigenvalue weighted by atomic mass is 19.4. The normalized spacial score (nSPS) is 30.1. The van der Waals surface area contributed by atoms with E-state index >= 15 is 0 Å². The number of aliphatic imine (C=N–C) groups is 1. The zero-order valence-electron chi connectivity index (χ0n) is 7.43. The Bertz CT molecular complexity index is 210. The van der Waals surface area contributed by atoms with Gasteiger partial charge in [-0.15, -0.1) is 0 Å². The van der Waals surface area contributed by atoms with Crippen LogP contribution in [0.3, 0.4) is 0 Å². The maximum absolute atomic E-state index is 12.4.